The Morgan fingerprint density at radius 1 is 1.60 bits per heavy atom. The fraction of sp³-hybridized carbons (Fsp3) is 0.200. The van der Waals surface area contributed by atoms with Gasteiger partial charge in [0.15, 0.2) is 5.78 Å². The van der Waals surface area contributed by atoms with Crippen molar-refractivity contribution in [2.75, 3.05) is 0 Å². The summed E-state index contributed by atoms with van der Waals surface area (Å²) in [4.78, 5) is 13.2. The quantitative estimate of drug-likeness (QED) is 0.626. The minimum atomic E-state index is 0.0526. The van der Waals surface area contributed by atoms with Crippen molar-refractivity contribution in [2.45, 2.75) is 6.92 Å². The van der Waals surface area contributed by atoms with Crippen LogP contribution in [-0.2, 0) is 7.05 Å². The first-order valence-corrected chi connectivity index (χ1v) is 6.33. The van der Waals surface area contributed by atoms with Crippen LogP contribution in [0.5, 0.6) is 0 Å². The van der Waals surface area contributed by atoms with Crippen LogP contribution < -0.4 is 0 Å². The average molecular weight is 332 g/mol. The van der Waals surface area contributed by atoms with Gasteiger partial charge in [0.05, 0.1) is 11.8 Å². The molecule has 2 aromatic rings. The van der Waals surface area contributed by atoms with Crippen LogP contribution in [0.1, 0.15) is 20.8 Å². The van der Waals surface area contributed by atoms with Gasteiger partial charge in [-0.1, -0.05) is 0 Å². The highest BCUT2D eigenvalue weighted by Crippen LogP contribution is 2.19. The van der Waals surface area contributed by atoms with E-state index in [1.54, 1.807) is 22.2 Å². The summed E-state index contributed by atoms with van der Waals surface area (Å²) in [6, 6.07) is 1.91. The highest BCUT2D eigenvalue weighted by Gasteiger charge is 2.16. The normalized spacial score (nSPS) is 10.6. The van der Waals surface area contributed by atoms with E-state index >= 15 is 0 Å². The Morgan fingerprint density at radius 3 is 2.80 bits per heavy atom. The van der Waals surface area contributed by atoms with Gasteiger partial charge in [-0.3, -0.25) is 9.48 Å². The van der Waals surface area contributed by atoms with Crippen molar-refractivity contribution in [1.82, 2.24) is 9.78 Å². The molecule has 5 heteroatoms. The summed E-state index contributed by atoms with van der Waals surface area (Å²) in [5, 5.41) is 5.95. The topological polar surface area (TPSA) is 34.9 Å². The molecule has 0 fully saturated rings. The zero-order valence-corrected chi connectivity index (χ0v) is 11.3. The predicted molar refractivity (Wildman–Crippen MR) is 68.4 cm³/mol. The molecule has 0 N–H and O–H groups in total. The van der Waals surface area contributed by atoms with Crippen molar-refractivity contribution in [3.63, 3.8) is 0 Å². The van der Waals surface area contributed by atoms with E-state index in [1.807, 2.05) is 25.4 Å². The van der Waals surface area contributed by atoms with E-state index in [9.17, 15) is 4.79 Å². The zero-order valence-electron chi connectivity index (χ0n) is 8.32. The Morgan fingerprint density at radius 2 is 2.33 bits per heavy atom. The summed E-state index contributed by atoms with van der Waals surface area (Å²) in [6.07, 6.45) is 1.62. The van der Waals surface area contributed by atoms with Crippen molar-refractivity contribution in [3.8, 4) is 0 Å². The standard InChI is InChI=1S/C10H9IN2OS/c1-6-3-7(5-15-6)9(14)8-4-12-13(2)10(8)11/h3-5H,1-2H3. The molecule has 78 valence electrons. The molecule has 2 aromatic heterocycles. The van der Waals surface area contributed by atoms with Gasteiger partial charge < -0.3 is 0 Å². The third kappa shape index (κ3) is 1.98. The van der Waals surface area contributed by atoms with Crippen LogP contribution in [0.2, 0.25) is 0 Å². The smallest absolute Gasteiger partial charge is 0.198 e. The largest absolute Gasteiger partial charge is 0.288 e. The molecule has 0 saturated heterocycles. The summed E-state index contributed by atoms with van der Waals surface area (Å²) in [7, 11) is 1.83. The number of carbonyl (C=O) groups excluding carboxylic acids is 1. The number of thiophene rings is 1. The molecule has 0 aliphatic rings. The van der Waals surface area contributed by atoms with Crippen LogP contribution in [0, 0.1) is 10.6 Å². The molecular weight excluding hydrogens is 323 g/mol. The third-order valence-electron chi connectivity index (χ3n) is 2.10. The number of aryl methyl sites for hydroxylation is 2. The molecule has 0 atom stereocenters. The SMILES string of the molecule is Cc1cc(C(=O)c2cnn(C)c2I)cs1. The first-order chi connectivity index (χ1) is 7.09. The third-order valence-corrected chi connectivity index (χ3v) is 4.24. The molecule has 2 rings (SSSR count). The molecule has 0 unspecified atom stereocenters. The summed E-state index contributed by atoms with van der Waals surface area (Å²) in [6.45, 7) is 2.00. The fourth-order valence-corrected chi connectivity index (χ4v) is 2.48. The minimum Gasteiger partial charge on any atom is -0.288 e. The van der Waals surface area contributed by atoms with E-state index in [4.69, 9.17) is 0 Å². The first-order valence-electron chi connectivity index (χ1n) is 4.37. The van der Waals surface area contributed by atoms with Crippen molar-refractivity contribution < 1.29 is 4.79 Å². The molecule has 0 amide bonds. The van der Waals surface area contributed by atoms with Crippen LogP contribution in [0.15, 0.2) is 17.6 Å². The summed E-state index contributed by atoms with van der Waals surface area (Å²) >= 11 is 3.72. The van der Waals surface area contributed by atoms with E-state index in [0.717, 1.165) is 14.1 Å². The Hall–Kier alpha value is -0.690. The highest BCUT2D eigenvalue weighted by molar-refractivity contribution is 14.1. The monoisotopic (exact) mass is 332 g/mol. The predicted octanol–water partition coefficient (Wildman–Crippen LogP) is 2.63. The maximum Gasteiger partial charge on any atom is 0.198 e. The maximum absolute atomic E-state index is 12.0. The molecule has 0 saturated carbocycles. The van der Waals surface area contributed by atoms with E-state index in [0.29, 0.717) is 5.56 Å². The van der Waals surface area contributed by atoms with Crippen LogP contribution in [0.3, 0.4) is 0 Å². The molecule has 3 nitrogen and oxygen atoms in total. The van der Waals surface area contributed by atoms with E-state index in [1.165, 1.54) is 0 Å². The second kappa shape index (κ2) is 4.05. The maximum atomic E-state index is 12.0. The number of hydrogen-bond donors (Lipinski definition) is 0. The molecule has 0 aromatic carbocycles. The van der Waals surface area contributed by atoms with E-state index in [2.05, 4.69) is 27.7 Å². The van der Waals surface area contributed by atoms with Crippen LogP contribution in [0.25, 0.3) is 0 Å². The van der Waals surface area contributed by atoms with Gasteiger partial charge in [-0.15, -0.1) is 11.3 Å². The van der Waals surface area contributed by atoms with Crippen LogP contribution in [-0.4, -0.2) is 15.6 Å². The lowest BCUT2D eigenvalue weighted by Crippen LogP contribution is -2.02. The van der Waals surface area contributed by atoms with Gasteiger partial charge in [-0.25, -0.2) is 0 Å². The van der Waals surface area contributed by atoms with Crippen molar-refractivity contribution in [3.05, 3.63) is 37.3 Å². The molecule has 15 heavy (non-hydrogen) atoms. The zero-order chi connectivity index (χ0) is 11.0. The van der Waals surface area contributed by atoms with Crippen molar-refractivity contribution in [2.24, 2.45) is 7.05 Å². The second-order valence-electron chi connectivity index (χ2n) is 3.25. The number of aromatic nitrogens is 2. The highest BCUT2D eigenvalue weighted by atomic mass is 127. The summed E-state index contributed by atoms with van der Waals surface area (Å²) in [5.74, 6) is 0.0526. The molecule has 2 heterocycles. The molecule has 0 aliphatic heterocycles. The fourth-order valence-electron chi connectivity index (χ4n) is 1.29. The van der Waals surface area contributed by atoms with Gasteiger partial charge in [0.2, 0.25) is 0 Å². The summed E-state index contributed by atoms with van der Waals surface area (Å²) in [5.41, 5.74) is 1.43. The average Bonchev–Trinajstić information content (AvgIpc) is 2.75. The molecular formula is C10H9IN2OS. The van der Waals surface area contributed by atoms with E-state index in [-0.39, 0.29) is 5.78 Å². The Kier molecular flexibility index (Phi) is 2.92. The van der Waals surface area contributed by atoms with Crippen molar-refractivity contribution >= 4 is 39.7 Å². The number of nitrogens with zero attached hydrogens (tertiary/aromatic N) is 2. The number of rotatable bonds is 2. The minimum absolute atomic E-state index is 0.0526. The number of ketones is 1. The molecule has 0 radical (unpaired) electrons. The van der Waals surface area contributed by atoms with Crippen molar-refractivity contribution in [1.29, 1.82) is 0 Å². The molecule has 0 aliphatic carbocycles. The van der Waals surface area contributed by atoms with Gasteiger partial charge in [-0.2, -0.15) is 5.10 Å². The van der Waals surface area contributed by atoms with Crippen LogP contribution >= 0.6 is 33.9 Å². The van der Waals surface area contributed by atoms with Gasteiger partial charge in [0.1, 0.15) is 3.70 Å². The number of hydrogen-bond acceptors (Lipinski definition) is 3. The lowest BCUT2D eigenvalue weighted by Gasteiger charge is -1.95. The molecule has 0 spiro atoms. The van der Waals surface area contributed by atoms with Gasteiger partial charge in [0.25, 0.3) is 0 Å². The number of carbonyl (C=O) groups is 1. The lowest BCUT2D eigenvalue weighted by molar-refractivity contribution is 0.103. The van der Waals surface area contributed by atoms with E-state index < -0.39 is 0 Å². The van der Waals surface area contributed by atoms with Gasteiger partial charge in [-0.05, 0) is 35.6 Å². The Labute approximate surface area is 105 Å². The van der Waals surface area contributed by atoms with Gasteiger partial charge in [0, 0.05) is 22.9 Å². The van der Waals surface area contributed by atoms with Gasteiger partial charge >= 0.3 is 0 Å². The molecule has 0 bridgehead atoms. The first kappa shape index (κ1) is 10.8. The second-order valence-corrected chi connectivity index (χ2v) is 5.38. The summed E-state index contributed by atoms with van der Waals surface area (Å²) < 4.78 is 2.58. The Bertz CT molecular complexity index is 515. The Balaban J connectivity index is 2.41. The van der Waals surface area contributed by atoms with Crippen LogP contribution in [0.4, 0.5) is 0 Å². The lowest BCUT2D eigenvalue weighted by atomic mass is 10.1. The number of halogens is 1.